The Bertz CT molecular complexity index is 1620. The van der Waals surface area contributed by atoms with Gasteiger partial charge in [0.25, 0.3) is 5.56 Å². The number of esters is 2. The van der Waals surface area contributed by atoms with E-state index < -0.39 is 18.0 Å². The molecule has 11 heteroatoms. The lowest BCUT2D eigenvalue weighted by Gasteiger charge is -2.25. The second-order valence-electron chi connectivity index (χ2n) is 7.95. The van der Waals surface area contributed by atoms with Crippen LogP contribution in [-0.4, -0.2) is 30.2 Å². The van der Waals surface area contributed by atoms with Crippen molar-refractivity contribution in [3.05, 3.63) is 88.5 Å². The number of hydrogen-bond donors (Lipinski definition) is 0. The maximum atomic E-state index is 13.7. The molecule has 1 aliphatic heterocycles. The average Bonchev–Trinajstić information content (AvgIpc) is 3.14. The third-order valence-corrected chi connectivity index (χ3v) is 7.12. The van der Waals surface area contributed by atoms with Crippen LogP contribution in [0.1, 0.15) is 37.9 Å². The van der Waals surface area contributed by atoms with E-state index in [-0.39, 0.29) is 34.3 Å². The van der Waals surface area contributed by atoms with E-state index >= 15 is 0 Å². The number of thiazole rings is 1. The second-order valence-corrected chi connectivity index (χ2v) is 9.78. The fraction of sp³-hybridized carbons (Fsp3) is 0.231. The van der Waals surface area contributed by atoms with E-state index in [1.165, 1.54) is 18.6 Å². The fourth-order valence-electron chi connectivity index (χ4n) is 4.00. The van der Waals surface area contributed by atoms with Gasteiger partial charge in [0.2, 0.25) is 0 Å². The summed E-state index contributed by atoms with van der Waals surface area (Å²) in [5.74, 6) is -0.797. The van der Waals surface area contributed by atoms with Gasteiger partial charge >= 0.3 is 11.9 Å². The quantitative estimate of drug-likeness (QED) is 0.333. The molecule has 4 rings (SSSR count). The second kappa shape index (κ2) is 10.9. The molecule has 8 nitrogen and oxygen atoms in total. The van der Waals surface area contributed by atoms with Gasteiger partial charge in [0, 0.05) is 11.9 Å². The van der Waals surface area contributed by atoms with Crippen molar-refractivity contribution in [1.29, 1.82) is 0 Å². The Morgan fingerprint density at radius 2 is 1.92 bits per heavy atom. The Hall–Kier alpha value is -3.40. The van der Waals surface area contributed by atoms with Crippen molar-refractivity contribution in [3.63, 3.8) is 0 Å². The molecule has 192 valence electrons. The molecule has 1 aliphatic rings. The van der Waals surface area contributed by atoms with Gasteiger partial charge in [0.05, 0.1) is 34.5 Å². The Morgan fingerprint density at radius 3 is 2.57 bits per heavy atom. The predicted octanol–water partition coefficient (Wildman–Crippen LogP) is 4.04. The summed E-state index contributed by atoms with van der Waals surface area (Å²) in [7, 11) is 1.42. The third-order valence-electron chi connectivity index (χ3n) is 5.51. The summed E-state index contributed by atoms with van der Waals surface area (Å²) >= 11 is 14.0. The third kappa shape index (κ3) is 5.20. The summed E-state index contributed by atoms with van der Waals surface area (Å²) in [4.78, 5) is 43.1. The Balaban J connectivity index is 1.93. The lowest BCUT2D eigenvalue weighted by molar-refractivity contribution is -0.139. The molecule has 1 unspecified atom stereocenters. The van der Waals surface area contributed by atoms with Gasteiger partial charge in [0.15, 0.2) is 16.3 Å². The van der Waals surface area contributed by atoms with Crippen molar-refractivity contribution in [2.45, 2.75) is 26.8 Å². The van der Waals surface area contributed by atoms with E-state index in [9.17, 15) is 14.4 Å². The molecule has 0 amide bonds. The molecule has 3 aromatic rings. The zero-order valence-electron chi connectivity index (χ0n) is 20.3. The summed E-state index contributed by atoms with van der Waals surface area (Å²) in [6.45, 7) is 4.83. The number of halogens is 2. The number of rotatable bonds is 6. The highest BCUT2D eigenvalue weighted by Gasteiger charge is 2.34. The highest BCUT2D eigenvalue weighted by molar-refractivity contribution is 7.07. The Morgan fingerprint density at radius 1 is 1.19 bits per heavy atom. The molecule has 0 aliphatic carbocycles. The van der Waals surface area contributed by atoms with Gasteiger partial charge in [-0.15, -0.1) is 0 Å². The topological polar surface area (TPSA) is 96.2 Å². The molecular formula is C26H22Cl2N2O6S. The van der Waals surface area contributed by atoms with E-state index in [1.54, 1.807) is 56.3 Å². The van der Waals surface area contributed by atoms with E-state index in [1.807, 2.05) is 0 Å². The molecule has 1 aromatic heterocycles. The monoisotopic (exact) mass is 560 g/mol. The standard InChI is InChI=1S/C26H22Cl2N2O6S/c1-5-35-25(33)21-13(2)29-26-30(22(21)16-8-6-7-9-17(16)27)24(32)20(37-26)12-15-10-18(28)23(36-14(3)31)19(11-15)34-4/h6-12,22H,5H2,1-4H3. The van der Waals surface area contributed by atoms with Crippen LogP contribution in [0.15, 0.2) is 57.5 Å². The first-order valence-electron chi connectivity index (χ1n) is 11.2. The molecule has 0 bridgehead atoms. The van der Waals surface area contributed by atoms with Crippen molar-refractivity contribution in [1.82, 2.24) is 4.57 Å². The van der Waals surface area contributed by atoms with Crippen molar-refractivity contribution in [2.75, 3.05) is 13.7 Å². The molecule has 0 spiro atoms. The van der Waals surface area contributed by atoms with Crippen LogP contribution in [0.25, 0.3) is 6.08 Å². The van der Waals surface area contributed by atoms with Crippen LogP contribution in [0.5, 0.6) is 11.5 Å². The van der Waals surface area contributed by atoms with Crippen LogP contribution in [0, 0.1) is 0 Å². The first-order valence-corrected chi connectivity index (χ1v) is 12.7. The maximum Gasteiger partial charge on any atom is 0.338 e. The number of allylic oxidation sites excluding steroid dienone is 1. The largest absolute Gasteiger partial charge is 0.493 e. The molecule has 0 N–H and O–H groups in total. The van der Waals surface area contributed by atoms with E-state index in [4.69, 9.17) is 37.4 Å². The SMILES string of the molecule is CCOC(=O)C1=C(C)N=c2sc(=Cc3cc(Cl)c(OC(C)=O)c(OC)c3)c(=O)n2C1c1ccccc1Cl. The molecular weight excluding hydrogens is 539 g/mol. The minimum atomic E-state index is -0.824. The van der Waals surface area contributed by atoms with Gasteiger partial charge in [0.1, 0.15) is 6.04 Å². The van der Waals surface area contributed by atoms with Gasteiger partial charge < -0.3 is 14.2 Å². The van der Waals surface area contributed by atoms with Crippen LogP contribution in [-0.2, 0) is 14.3 Å². The van der Waals surface area contributed by atoms with Gasteiger partial charge in [-0.3, -0.25) is 14.2 Å². The summed E-state index contributed by atoms with van der Waals surface area (Å²) in [6, 6.07) is 9.35. The highest BCUT2D eigenvalue weighted by Crippen LogP contribution is 2.37. The molecule has 0 radical (unpaired) electrons. The van der Waals surface area contributed by atoms with Crippen LogP contribution >= 0.6 is 34.5 Å². The molecule has 2 aromatic carbocycles. The molecule has 0 saturated heterocycles. The van der Waals surface area contributed by atoms with E-state index in [2.05, 4.69) is 4.99 Å². The van der Waals surface area contributed by atoms with Crippen LogP contribution in [0.2, 0.25) is 10.0 Å². The minimum absolute atomic E-state index is 0.0868. The first-order chi connectivity index (χ1) is 17.7. The fourth-order valence-corrected chi connectivity index (χ4v) is 5.54. The van der Waals surface area contributed by atoms with Crippen LogP contribution in [0.3, 0.4) is 0 Å². The number of carbonyl (C=O) groups is 2. The number of nitrogens with zero attached hydrogens (tertiary/aromatic N) is 2. The molecule has 0 saturated carbocycles. The molecule has 37 heavy (non-hydrogen) atoms. The highest BCUT2D eigenvalue weighted by atomic mass is 35.5. The zero-order valence-corrected chi connectivity index (χ0v) is 22.7. The van der Waals surface area contributed by atoms with E-state index in [0.717, 1.165) is 11.3 Å². The number of hydrogen-bond acceptors (Lipinski definition) is 8. The minimum Gasteiger partial charge on any atom is -0.493 e. The Kier molecular flexibility index (Phi) is 7.87. The molecule has 2 heterocycles. The van der Waals surface area contributed by atoms with Gasteiger partial charge in [-0.2, -0.15) is 0 Å². The van der Waals surface area contributed by atoms with Crippen molar-refractivity contribution in [2.24, 2.45) is 4.99 Å². The van der Waals surface area contributed by atoms with Gasteiger partial charge in [-0.1, -0.05) is 52.7 Å². The van der Waals surface area contributed by atoms with E-state index in [0.29, 0.717) is 31.2 Å². The maximum absolute atomic E-state index is 13.7. The summed E-state index contributed by atoms with van der Waals surface area (Å²) in [6.07, 6.45) is 1.63. The average molecular weight is 561 g/mol. The molecule has 1 atom stereocenters. The van der Waals surface area contributed by atoms with Gasteiger partial charge in [-0.25, -0.2) is 9.79 Å². The predicted molar refractivity (Wildman–Crippen MR) is 141 cm³/mol. The van der Waals surface area contributed by atoms with Gasteiger partial charge in [-0.05, 0) is 49.2 Å². The summed E-state index contributed by atoms with van der Waals surface area (Å²) in [5, 5.41) is 0.541. The van der Waals surface area contributed by atoms with Crippen LogP contribution < -0.4 is 24.4 Å². The van der Waals surface area contributed by atoms with Crippen LogP contribution in [0.4, 0.5) is 0 Å². The number of benzene rings is 2. The Labute approximate surface area is 226 Å². The van der Waals surface area contributed by atoms with Crippen molar-refractivity contribution in [3.8, 4) is 11.5 Å². The summed E-state index contributed by atoms with van der Waals surface area (Å²) < 4.78 is 17.6. The number of carbonyl (C=O) groups excluding carboxylic acids is 2. The number of aromatic nitrogens is 1. The lowest BCUT2D eigenvalue weighted by atomic mass is 9.96. The molecule has 0 fully saturated rings. The number of fused-ring (bicyclic) bond motifs is 1. The smallest absolute Gasteiger partial charge is 0.338 e. The number of ether oxygens (including phenoxy) is 3. The zero-order chi connectivity index (χ0) is 26.9. The van der Waals surface area contributed by atoms with Crippen molar-refractivity contribution < 1.29 is 23.8 Å². The normalized spacial score (nSPS) is 15.2. The number of methoxy groups -OCH3 is 1. The van der Waals surface area contributed by atoms with Crippen molar-refractivity contribution >= 4 is 52.6 Å². The first kappa shape index (κ1) is 26.7. The summed E-state index contributed by atoms with van der Waals surface area (Å²) in [5.41, 5.74) is 1.42. The lowest BCUT2D eigenvalue weighted by Crippen LogP contribution is -2.40.